The van der Waals surface area contributed by atoms with E-state index in [1.807, 2.05) is 12.1 Å². The van der Waals surface area contributed by atoms with Crippen LogP contribution in [0.5, 0.6) is 0 Å². The number of rotatable bonds is 7. The van der Waals surface area contributed by atoms with E-state index >= 15 is 0 Å². The van der Waals surface area contributed by atoms with Gasteiger partial charge < -0.3 is 25.1 Å². The summed E-state index contributed by atoms with van der Waals surface area (Å²) in [5, 5.41) is 34.2. The van der Waals surface area contributed by atoms with Gasteiger partial charge in [-0.1, -0.05) is 12.1 Å². The Balaban J connectivity index is 0.00000163. The van der Waals surface area contributed by atoms with E-state index in [1.165, 1.54) is 5.69 Å². The van der Waals surface area contributed by atoms with E-state index in [9.17, 15) is 10.4 Å². The Morgan fingerprint density at radius 3 is 2.42 bits per heavy atom. The van der Waals surface area contributed by atoms with Gasteiger partial charge in [-0.3, -0.25) is 4.72 Å². The van der Waals surface area contributed by atoms with Crippen molar-refractivity contribution < 1.29 is 15.3 Å². The molecule has 1 heterocycles. The third-order valence-electron chi connectivity index (χ3n) is 3.88. The van der Waals surface area contributed by atoms with Crippen molar-refractivity contribution >= 4 is 23.7 Å². The third kappa shape index (κ3) is 7.74. The van der Waals surface area contributed by atoms with Crippen molar-refractivity contribution in [3.05, 3.63) is 34.7 Å². The van der Waals surface area contributed by atoms with Crippen LogP contribution in [0.3, 0.4) is 0 Å². The standard InChI is InChI=1S/C17H24N4O2S.CH4O/c1-20-6-8-21(9-7-20)15-4-2-14(3-5-15)10-17(11-18)24-19-12-16(23)13-22;1-2/h2-5,10,16,19,22-23H,6-9,12-13H2,1H3;2H,1H3/b17-10+;. The molecule has 0 spiro atoms. The number of piperazine rings is 1. The van der Waals surface area contributed by atoms with Crippen LogP contribution in [0.25, 0.3) is 6.08 Å². The van der Waals surface area contributed by atoms with Crippen molar-refractivity contribution in [1.82, 2.24) is 9.62 Å². The molecule has 0 saturated carbocycles. The summed E-state index contributed by atoms with van der Waals surface area (Å²) in [5.74, 6) is 0. The summed E-state index contributed by atoms with van der Waals surface area (Å²) >= 11 is 1.16. The summed E-state index contributed by atoms with van der Waals surface area (Å²) in [6, 6.07) is 10.3. The van der Waals surface area contributed by atoms with E-state index in [-0.39, 0.29) is 13.2 Å². The normalized spacial score (nSPS) is 16.5. The quantitative estimate of drug-likeness (QED) is 0.401. The maximum atomic E-state index is 9.27. The smallest absolute Gasteiger partial charge is 0.107 e. The van der Waals surface area contributed by atoms with Gasteiger partial charge in [0.1, 0.15) is 11.0 Å². The molecular weight excluding hydrogens is 352 g/mol. The topological polar surface area (TPSA) is 103 Å². The Hall–Kier alpha value is -1.60. The van der Waals surface area contributed by atoms with Gasteiger partial charge in [-0.25, -0.2) is 0 Å². The maximum absolute atomic E-state index is 9.27. The molecule has 1 aliphatic heterocycles. The van der Waals surface area contributed by atoms with Gasteiger partial charge in [0.25, 0.3) is 0 Å². The monoisotopic (exact) mass is 380 g/mol. The first-order valence-corrected chi connectivity index (χ1v) is 9.22. The number of benzene rings is 1. The van der Waals surface area contributed by atoms with Gasteiger partial charge in [0, 0.05) is 45.5 Å². The highest BCUT2D eigenvalue weighted by Crippen LogP contribution is 2.20. The van der Waals surface area contributed by atoms with Gasteiger partial charge in [0.05, 0.1) is 12.7 Å². The van der Waals surface area contributed by atoms with Gasteiger partial charge >= 0.3 is 0 Å². The molecule has 0 radical (unpaired) electrons. The summed E-state index contributed by atoms with van der Waals surface area (Å²) in [4.78, 5) is 5.20. The molecule has 1 unspecified atom stereocenters. The second kappa shape index (κ2) is 12.7. The van der Waals surface area contributed by atoms with Crippen LogP contribution in [0.2, 0.25) is 0 Å². The highest BCUT2D eigenvalue weighted by Gasteiger charge is 2.13. The lowest BCUT2D eigenvalue weighted by molar-refractivity contribution is 0.0994. The zero-order valence-corrected chi connectivity index (χ0v) is 16.1. The van der Waals surface area contributed by atoms with E-state index in [0.717, 1.165) is 50.8 Å². The fraction of sp³-hybridized carbons (Fsp3) is 0.500. The minimum atomic E-state index is -0.819. The van der Waals surface area contributed by atoms with E-state index in [1.54, 1.807) is 6.08 Å². The molecule has 8 heteroatoms. The molecule has 7 nitrogen and oxygen atoms in total. The molecule has 0 amide bonds. The number of nitriles is 1. The summed E-state index contributed by atoms with van der Waals surface area (Å²) in [6.45, 7) is 4.13. The van der Waals surface area contributed by atoms with Crippen molar-refractivity contribution in [3.63, 3.8) is 0 Å². The van der Waals surface area contributed by atoms with Gasteiger partial charge in [-0.15, -0.1) is 0 Å². The Bertz CT molecular complexity index is 581. The Kier molecular flexibility index (Phi) is 11.0. The number of likely N-dealkylation sites (N-methyl/N-ethyl adjacent to an activating group) is 1. The predicted octanol–water partition coefficient (Wildman–Crippen LogP) is 0.502. The van der Waals surface area contributed by atoms with E-state index in [4.69, 9.17) is 10.2 Å². The van der Waals surface area contributed by atoms with Crippen LogP contribution in [-0.2, 0) is 0 Å². The Labute approximate surface area is 159 Å². The number of hydrogen-bond acceptors (Lipinski definition) is 8. The summed E-state index contributed by atoms with van der Waals surface area (Å²) in [6.07, 6.45) is 0.983. The molecule has 1 aromatic carbocycles. The molecule has 0 aliphatic carbocycles. The van der Waals surface area contributed by atoms with E-state index < -0.39 is 6.10 Å². The molecule has 1 aliphatic rings. The van der Waals surface area contributed by atoms with Crippen LogP contribution in [-0.4, -0.2) is 79.8 Å². The SMILES string of the molecule is CN1CCN(c2ccc(/C=C(\C#N)SNCC(O)CO)cc2)CC1.CO. The van der Waals surface area contributed by atoms with Gasteiger partial charge in [0.2, 0.25) is 0 Å². The Morgan fingerprint density at radius 2 is 1.88 bits per heavy atom. The first-order chi connectivity index (χ1) is 12.6. The van der Waals surface area contributed by atoms with E-state index in [2.05, 4.69) is 39.8 Å². The van der Waals surface area contributed by atoms with Crippen molar-refractivity contribution in [2.24, 2.45) is 0 Å². The number of aliphatic hydroxyl groups excluding tert-OH is 3. The van der Waals surface area contributed by atoms with Crippen LogP contribution in [0, 0.1) is 11.3 Å². The third-order valence-corrected chi connectivity index (χ3v) is 4.62. The highest BCUT2D eigenvalue weighted by atomic mass is 32.2. The summed E-state index contributed by atoms with van der Waals surface area (Å²) < 4.78 is 2.88. The van der Waals surface area contributed by atoms with Crippen molar-refractivity contribution in [2.45, 2.75) is 6.10 Å². The number of hydrogen-bond donors (Lipinski definition) is 4. The fourth-order valence-corrected chi connectivity index (χ4v) is 3.03. The molecule has 2 rings (SSSR count). The first-order valence-electron chi connectivity index (χ1n) is 8.41. The maximum Gasteiger partial charge on any atom is 0.107 e. The lowest BCUT2D eigenvalue weighted by Gasteiger charge is -2.34. The molecule has 144 valence electrons. The fourth-order valence-electron chi connectivity index (χ4n) is 2.36. The average Bonchev–Trinajstić information content (AvgIpc) is 2.69. The molecule has 0 bridgehead atoms. The van der Waals surface area contributed by atoms with Crippen molar-refractivity contribution in [3.8, 4) is 6.07 Å². The minimum Gasteiger partial charge on any atom is -0.400 e. The van der Waals surface area contributed by atoms with Gasteiger partial charge in [-0.2, -0.15) is 5.26 Å². The lowest BCUT2D eigenvalue weighted by Crippen LogP contribution is -2.44. The second-order valence-electron chi connectivity index (χ2n) is 5.79. The lowest BCUT2D eigenvalue weighted by atomic mass is 10.1. The molecule has 1 aromatic rings. The molecular formula is C18H28N4O3S. The first kappa shape index (κ1) is 22.4. The van der Waals surface area contributed by atoms with Crippen molar-refractivity contribution in [2.75, 3.05) is 58.4 Å². The van der Waals surface area contributed by atoms with Crippen LogP contribution < -0.4 is 9.62 Å². The van der Waals surface area contributed by atoms with Crippen LogP contribution in [0.4, 0.5) is 5.69 Å². The number of allylic oxidation sites excluding steroid dienone is 1. The molecule has 1 saturated heterocycles. The molecule has 26 heavy (non-hydrogen) atoms. The molecule has 1 atom stereocenters. The molecule has 1 fully saturated rings. The second-order valence-corrected chi connectivity index (χ2v) is 6.72. The number of nitrogens with zero attached hydrogens (tertiary/aromatic N) is 3. The van der Waals surface area contributed by atoms with E-state index in [0.29, 0.717) is 4.91 Å². The zero-order valence-electron chi connectivity index (χ0n) is 15.3. The van der Waals surface area contributed by atoms with Crippen LogP contribution >= 0.6 is 11.9 Å². The summed E-state index contributed by atoms with van der Waals surface area (Å²) in [7, 11) is 3.14. The molecule has 4 N–H and O–H groups in total. The zero-order chi connectivity index (χ0) is 19.4. The van der Waals surface area contributed by atoms with Gasteiger partial charge in [-0.05, 0) is 42.8 Å². The molecule has 0 aromatic heterocycles. The largest absolute Gasteiger partial charge is 0.400 e. The highest BCUT2D eigenvalue weighted by molar-refractivity contribution is 8.01. The average molecular weight is 381 g/mol. The number of anilines is 1. The van der Waals surface area contributed by atoms with Crippen molar-refractivity contribution in [1.29, 1.82) is 5.26 Å². The predicted molar refractivity (Wildman–Crippen MR) is 107 cm³/mol. The number of nitrogens with one attached hydrogen (secondary N) is 1. The number of aliphatic hydroxyl groups is 3. The van der Waals surface area contributed by atoms with Crippen LogP contribution in [0.1, 0.15) is 5.56 Å². The summed E-state index contributed by atoms with van der Waals surface area (Å²) in [5.41, 5.74) is 2.16. The minimum absolute atomic E-state index is 0.225. The Morgan fingerprint density at radius 1 is 1.27 bits per heavy atom. The van der Waals surface area contributed by atoms with Gasteiger partial charge in [0.15, 0.2) is 0 Å². The van der Waals surface area contributed by atoms with Crippen LogP contribution in [0.15, 0.2) is 29.2 Å².